The van der Waals surface area contributed by atoms with E-state index in [1.807, 2.05) is 25.1 Å². The highest BCUT2D eigenvalue weighted by molar-refractivity contribution is 5.18. The summed E-state index contributed by atoms with van der Waals surface area (Å²) in [4.78, 5) is 0. The van der Waals surface area contributed by atoms with Crippen molar-refractivity contribution in [3.8, 4) is 6.07 Å². The van der Waals surface area contributed by atoms with Crippen LogP contribution < -0.4 is 5.32 Å². The molecule has 1 unspecified atom stereocenters. The van der Waals surface area contributed by atoms with Crippen LogP contribution in [-0.2, 0) is 0 Å². The smallest absolute Gasteiger partial charge is 0.0666 e. The number of nitriles is 1. The van der Waals surface area contributed by atoms with Crippen LogP contribution in [0, 0.1) is 17.2 Å². The number of hydrogen-bond acceptors (Lipinski definition) is 2. The van der Waals surface area contributed by atoms with E-state index in [2.05, 4.69) is 30.4 Å². The maximum atomic E-state index is 8.63. The lowest BCUT2D eigenvalue weighted by atomic mass is 10.1. The summed E-state index contributed by atoms with van der Waals surface area (Å²) in [5.74, 6) is 0.0705. The van der Waals surface area contributed by atoms with Crippen LogP contribution in [0.3, 0.4) is 0 Å². The third kappa shape index (κ3) is 3.20. The van der Waals surface area contributed by atoms with Crippen LogP contribution >= 0.6 is 0 Å². The van der Waals surface area contributed by atoms with Gasteiger partial charge in [0.05, 0.1) is 12.0 Å². The fraction of sp³-hybridized carbons (Fsp3) is 0.417. The second-order valence-electron chi connectivity index (χ2n) is 3.57. The lowest BCUT2D eigenvalue weighted by molar-refractivity contribution is 0.528. The minimum absolute atomic E-state index is 0.0705. The van der Waals surface area contributed by atoms with E-state index < -0.39 is 0 Å². The monoisotopic (exact) mass is 188 g/mol. The molecule has 0 saturated carbocycles. The number of nitrogens with one attached hydrogen (secondary N) is 1. The van der Waals surface area contributed by atoms with Gasteiger partial charge in [-0.15, -0.1) is 0 Å². The van der Waals surface area contributed by atoms with Gasteiger partial charge in [0.15, 0.2) is 0 Å². The summed E-state index contributed by atoms with van der Waals surface area (Å²) in [7, 11) is 0. The van der Waals surface area contributed by atoms with Gasteiger partial charge >= 0.3 is 0 Å². The maximum Gasteiger partial charge on any atom is 0.0666 e. The average molecular weight is 188 g/mol. The van der Waals surface area contributed by atoms with Crippen molar-refractivity contribution in [3.05, 3.63) is 35.9 Å². The predicted octanol–water partition coefficient (Wildman–Crippen LogP) is 2.50. The first-order valence-electron chi connectivity index (χ1n) is 4.92. The van der Waals surface area contributed by atoms with Crippen molar-refractivity contribution >= 4 is 0 Å². The summed E-state index contributed by atoms with van der Waals surface area (Å²) >= 11 is 0. The normalized spacial score (nSPS) is 14.4. The summed E-state index contributed by atoms with van der Waals surface area (Å²) in [6.45, 7) is 4.77. The molecule has 2 heteroatoms. The van der Waals surface area contributed by atoms with Crippen molar-refractivity contribution in [3.63, 3.8) is 0 Å². The Kier molecular flexibility index (Phi) is 4.15. The van der Waals surface area contributed by atoms with Gasteiger partial charge in [-0.2, -0.15) is 5.26 Å². The average Bonchev–Trinajstić information content (AvgIpc) is 2.26. The Hall–Kier alpha value is -1.33. The molecule has 0 heterocycles. The highest BCUT2D eigenvalue weighted by Gasteiger charge is 2.05. The van der Waals surface area contributed by atoms with Crippen LogP contribution in [0.25, 0.3) is 0 Å². The number of nitrogens with zero attached hydrogens (tertiary/aromatic N) is 1. The first-order chi connectivity index (χ1) is 6.74. The standard InChI is InChI=1S/C12H16N2/c1-10(8-13)9-14-11(2)12-6-4-3-5-7-12/h3-7,10-11,14H,9H2,1-2H3/t10?,11-/m1/s1. The molecule has 0 aliphatic heterocycles. The molecule has 2 nitrogen and oxygen atoms in total. The largest absolute Gasteiger partial charge is 0.309 e. The number of benzene rings is 1. The van der Waals surface area contributed by atoms with Gasteiger partial charge in [-0.05, 0) is 19.4 Å². The van der Waals surface area contributed by atoms with Crippen molar-refractivity contribution in [2.24, 2.45) is 5.92 Å². The van der Waals surface area contributed by atoms with E-state index in [-0.39, 0.29) is 5.92 Å². The van der Waals surface area contributed by atoms with Gasteiger partial charge < -0.3 is 5.32 Å². The lowest BCUT2D eigenvalue weighted by Gasteiger charge is -2.14. The van der Waals surface area contributed by atoms with Gasteiger partial charge in [-0.25, -0.2) is 0 Å². The van der Waals surface area contributed by atoms with Crippen LogP contribution in [0.15, 0.2) is 30.3 Å². The zero-order valence-corrected chi connectivity index (χ0v) is 8.70. The molecule has 0 bridgehead atoms. The van der Waals surface area contributed by atoms with Gasteiger partial charge in [-0.1, -0.05) is 30.3 Å². The molecule has 0 spiro atoms. The Morgan fingerprint density at radius 1 is 1.29 bits per heavy atom. The maximum absolute atomic E-state index is 8.63. The number of hydrogen-bond donors (Lipinski definition) is 1. The van der Waals surface area contributed by atoms with Crippen molar-refractivity contribution < 1.29 is 0 Å². The van der Waals surface area contributed by atoms with Gasteiger partial charge in [0.1, 0.15) is 0 Å². The van der Waals surface area contributed by atoms with Gasteiger partial charge in [0.25, 0.3) is 0 Å². The van der Waals surface area contributed by atoms with Crippen molar-refractivity contribution in [2.45, 2.75) is 19.9 Å². The Morgan fingerprint density at radius 2 is 1.93 bits per heavy atom. The van der Waals surface area contributed by atoms with Crippen LogP contribution in [0.1, 0.15) is 25.5 Å². The molecule has 1 N–H and O–H groups in total. The second kappa shape index (κ2) is 5.41. The molecule has 0 aromatic heterocycles. The van der Waals surface area contributed by atoms with Crippen LogP contribution in [0.2, 0.25) is 0 Å². The number of rotatable bonds is 4. The van der Waals surface area contributed by atoms with E-state index in [9.17, 15) is 0 Å². The molecule has 1 aromatic carbocycles. The van der Waals surface area contributed by atoms with Gasteiger partial charge in [0.2, 0.25) is 0 Å². The molecular formula is C12H16N2. The molecule has 1 rings (SSSR count). The fourth-order valence-corrected chi connectivity index (χ4v) is 1.26. The molecule has 0 saturated heterocycles. The summed E-state index contributed by atoms with van der Waals surface area (Å²) in [5.41, 5.74) is 1.26. The summed E-state index contributed by atoms with van der Waals surface area (Å²) in [6, 6.07) is 12.8. The first kappa shape index (κ1) is 10.7. The lowest BCUT2D eigenvalue weighted by Crippen LogP contribution is -2.23. The fourth-order valence-electron chi connectivity index (χ4n) is 1.26. The highest BCUT2D eigenvalue weighted by Crippen LogP contribution is 2.11. The van der Waals surface area contributed by atoms with Crippen molar-refractivity contribution in [1.82, 2.24) is 5.32 Å². The molecule has 74 valence electrons. The molecule has 0 aliphatic rings. The van der Waals surface area contributed by atoms with E-state index in [0.717, 1.165) is 6.54 Å². The third-order valence-electron chi connectivity index (χ3n) is 2.25. The van der Waals surface area contributed by atoms with Gasteiger partial charge in [0, 0.05) is 12.6 Å². The molecule has 0 radical (unpaired) electrons. The third-order valence-corrected chi connectivity index (χ3v) is 2.25. The van der Waals surface area contributed by atoms with E-state index in [1.165, 1.54) is 5.56 Å². The highest BCUT2D eigenvalue weighted by atomic mass is 14.9. The van der Waals surface area contributed by atoms with E-state index in [0.29, 0.717) is 6.04 Å². The van der Waals surface area contributed by atoms with Crippen molar-refractivity contribution in [2.75, 3.05) is 6.54 Å². The van der Waals surface area contributed by atoms with Gasteiger partial charge in [-0.3, -0.25) is 0 Å². The second-order valence-corrected chi connectivity index (χ2v) is 3.57. The minimum atomic E-state index is 0.0705. The van der Waals surface area contributed by atoms with E-state index in [1.54, 1.807) is 0 Å². The van der Waals surface area contributed by atoms with Crippen LogP contribution in [0.5, 0.6) is 0 Å². The Morgan fingerprint density at radius 3 is 2.50 bits per heavy atom. The van der Waals surface area contributed by atoms with Crippen LogP contribution in [0.4, 0.5) is 0 Å². The molecule has 2 atom stereocenters. The Bertz CT molecular complexity index is 300. The van der Waals surface area contributed by atoms with Crippen molar-refractivity contribution in [1.29, 1.82) is 5.26 Å². The Balaban J connectivity index is 2.44. The quantitative estimate of drug-likeness (QED) is 0.788. The summed E-state index contributed by atoms with van der Waals surface area (Å²) in [6.07, 6.45) is 0. The minimum Gasteiger partial charge on any atom is -0.309 e. The SMILES string of the molecule is CC(C#N)CN[C@H](C)c1ccccc1. The molecule has 0 aliphatic carbocycles. The zero-order chi connectivity index (χ0) is 10.4. The molecule has 1 aromatic rings. The summed E-state index contributed by atoms with van der Waals surface area (Å²) in [5, 5.41) is 12.0. The van der Waals surface area contributed by atoms with Crippen LogP contribution in [-0.4, -0.2) is 6.54 Å². The molecule has 0 amide bonds. The van der Waals surface area contributed by atoms with E-state index in [4.69, 9.17) is 5.26 Å². The Labute approximate surface area is 85.6 Å². The summed E-state index contributed by atoms with van der Waals surface area (Å²) < 4.78 is 0. The molecule has 0 fully saturated rings. The zero-order valence-electron chi connectivity index (χ0n) is 8.70. The van der Waals surface area contributed by atoms with E-state index >= 15 is 0 Å². The predicted molar refractivity (Wildman–Crippen MR) is 57.6 cm³/mol. The topological polar surface area (TPSA) is 35.8 Å². The first-order valence-corrected chi connectivity index (χ1v) is 4.92. The molecule has 14 heavy (non-hydrogen) atoms. The molecular weight excluding hydrogens is 172 g/mol.